The summed E-state index contributed by atoms with van der Waals surface area (Å²) in [5, 5.41) is 9.42. The lowest BCUT2D eigenvalue weighted by atomic mass is 9.89. The molecule has 1 aliphatic rings. The van der Waals surface area contributed by atoms with E-state index in [1.807, 2.05) is 29.2 Å². The van der Waals surface area contributed by atoms with Crippen LogP contribution in [0.2, 0.25) is 0 Å². The van der Waals surface area contributed by atoms with E-state index in [1.165, 1.54) is 6.07 Å². The maximum Gasteiger partial charge on any atom is 0.312 e. The van der Waals surface area contributed by atoms with E-state index >= 15 is 0 Å². The normalized spacial score (nSPS) is 18.2. The Balaban J connectivity index is 1.87. The second-order valence-electron chi connectivity index (χ2n) is 5.35. The molecular weight excluding hydrogens is 269 g/mol. The first-order valence-corrected chi connectivity index (χ1v) is 6.91. The molecule has 1 N–H and O–H groups in total. The van der Waals surface area contributed by atoms with Gasteiger partial charge < -0.3 is 5.11 Å². The zero-order chi connectivity index (χ0) is 14.8. The molecule has 1 atom stereocenters. The molecule has 1 heterocycles. The molecule has 0 bridgehead atoms. The molecule has 21 heavy (non-hydrogen) atoms. The van der Waals surface area contributed by atoms with Crippen LogP contribution >= 0.6 is 0 Å². The second-order valence-corrected chi connectivity index (χ2v) is 5.35. The van der Waals surface area contributed by atoms with Gasteiger partial charge in [-0.25, -0.2) is 4.39 Å². The lowest BCUT2D eigenvalue weighted by Gasteiger charge is -2.32. The van der Waals surface area contributed by atoms with Crippen LogP contribution < -0.4 is 0 Å². The number of carbonyl (C=O) groups is 1. The van der Waals surface area contributed by atoms with Gasteiger partial charge in [-0.15, -0.1) is 0 Å². The van der Waals surface area contributed by atoms with Crippen LogP contribution in [0.1, 0.15) is 22.6 Å². The molecule has 0 saturated heterocycles. The monoisotopic (exact) mass is 285 g/mol. The van der Waals surface area contributed by atoms with Gasteiger partial charge in [0.2, 0.25) is 0 Å². The summed E-state index contributed by atoms with van der Waals surface area (Å²) in [4.78, 5) is 13.5. The molecule has 0 aliphatic carbocycles. The minimum atomic E-state index is -0.833. The summed E-state index contributed by atoms with van der Waals surface area (Å²) >= 11 is 0. The molecule has 3 nitrogen and oxygen atoms in total. The Morgan fingerprint density at radius 3 is 2.67 bits per heavy atom. The van der Waals surface area contributed by atoms with Crippen molar-refractivity contribution in [1.29, 1.82) is 0 Å². The molecule has 2 aromatic carbocycles. The predicted octanol–water partition coefficient (Wildman–Crippen LogP) is 3.01. The average Bonchev–Trinajstić information content (AvgIpc) is 2.48. The molecule has 0 spiro atoms. The number of carboxylic acids is 1. The third-order valence-corrected chi connectivity index (χ3v) is 3.92. The van der Waals surface area contributed by atoms with Gasteiger partial charge in [-0.05, 0) is 17.2 Å². The van der Waals surface area contributed by atoms with E-state index in [9.17, 15) is 14.3 Å². The van der Waals surface area contributed by atoms with Crippen molar-refractivity contribution in [3.05, 3.63) is 71.0 Å². The first kappa shape index (κ1) is 13.8. The molecule has 0 radical (unpaired) electrons. The molecule has 0 aromatic heterocycles. The average molecular weight is 285 g/mol. The maximum atomic E-state index is 13.8. The number of hydrogen-bond acceptors (Lipinski definition) is 2. The van der Waals surface area contributed by atoms with E-state index in [2.05, 4.69) is 0 Å². The van der Waals surface area contributed by atoms with Crippen molar-refractivity contribution in [2.75, 3.05) is 6.54 Å². The summed E-state index contributed by atoms with van der Waals surface area (Å²) in [5.74, 6) is -1.63. The van der Waals surface area contributed by atoms with E-state index in [1.54, 1.807) is 18.2 Å². The van der Waals surface area contributed by atoms with E-state index in [4.69, 9.17) is 0 Å². The molecule has 1 aliphatic heterocycles. The summed E-state index contributed by atoms with van der Waals surface area (Å²) in [6.07, 6.45) is 0. The lowest BCUT2D eigenvalue weighted by molar-refractivity contribution is -0.139. The highest BCUT2D eigenvalue weighted by Gasteiger charge is 2.30. The number of hydrogen-bond donors (Lipinski definition) is 1. The highest BCUT2D eigenvalue weighted by Crippen LogP contribution is 2.29. The third-order valence-electron chi connectivity index (χ3n) is 3.92. The number of fused-ring (bicyclic) bond motifs is 1. The maximum absolute atomic E-state index is 13.8. The molecule has 2 aromatic rings. The summed E-state index contributed by atoms with van der Waals surface area (Å²) in [6, 6.07) is 14.2. The van der Waals surface area contributed by atoms with E-state index < -0.39 is 11.9 Å². The Hall–Kier alpha value is -2.20. The van der Waals surface area contributed by atoms with Crippen molar-refractivity contribution in [3.63, 3.8) is 0 Å². The largest absolute Gasteiger partial charge is 0.481 e. The van der Waals surface area contributed by atoms with Gasteiger partial charge in [0.05, 0.1) is 5.92 Å². The molecular formula is C17H16FNO2. The minimum Gasteiger partial charge on any atom is -0.481 e. The van der Waals surface area contributed by atoms with Crippen LogP contribution in [-0.2, 0) is 17.9 Å². The number of benzene rings is 2. The van der Waals surface area contributed by atoms with E-state index in [-0.39, 0.29) is 5.82 Å². The molecule has 0 saturated carbocycles. The predicted molar refractivity (Wildman–Crippen MR) is 77.3 cm³/mol. The van der Waals surface area contributed by atoms with Gasteiger partial charge in [-0.2, -0.15) is 0 Å². The number of carboxylic acid groups (broad SMARTS) is 1. The van der Waals surface area contributed by atoms with E-state index in [0.717, 1.165) is 11.1 Å². The van der Waals surface area contributed by atoms with Gasteiger partial charge in [-0.1, -0.05) is 42.5 Å². The SMILES string of the molecule is O=C(O)C1CN(Cc2ccccc2F)Cc2ccccc21. The number of aliphatic carboxylic acids is 1. The summed E-state index contributed by atoms with van der Waals surface area (Å²) in [5.41, 5.74) is 2.48. The molecule has 0 fully saturated rings. The molecule has 4 heteroatoms. The number of rotatable bonds is 3. The standard InChI is InChI=1S/C17H16FNO2/c18-16-8-4-2-6-13(16)10-19-9-12-5-1-3-7-14(12)15(11-19)17(20)21/h1-8,15H,9-11H2,(H,20,21). The van der Waals surface area contributed by atoms with Gasteiger partial charge in [0, 0.05) is 25.2 Å². The molecule has 0 amide bonds. The van der Waals surface area contributed by atoms with Crippen LogP contribution in [0.4, 0.5) is 4.39 Å². The van der Waals surface area contributed by atoms with E-state index in [0.29, 0.717) is 25.2 Å². The van der Waals surface area contributed by atoms with Crippen molar-refractivity contribution in [2.45, 2.75) is 19.0 Å². The third kappa shape index (κ3) is 2.81. The van der Waals surface area contributed by atoms with Gasteiger partial charge in [0.15, 0.2) is 0 Å². The zero-order valence-corrected chi connectivity index (χ0v) is 11.5. The van der Waals surface area contributed by atoms with Crippen LogP contribution in [0.25, 0.3) is 0 Å². The van der Waals surface area contributed by atoms with Crippen molar-refractivity contribution in [2.24, 2.45) is 0 Å². The zero-order valence-electron chi connectivity index (χ0n) is 11.5. The summed E-state index contributed by atoms with van der Waals surface area (Å²) in [6.45, 7) is 1.47. The quantitative estimate of drug-likeness (QED) is 0.942. The van der Waals surface area contributed by atoms with Crippen molar-refractivity contribution in [3.8, 4) is 0 Å². The highest BCUT2D eigenvalue weighted by molar-refractivity contribution is 5.77. The molecule has 1 unspecified atom stereocenters. The van der Waals surface area contributed by atoms with Crippen LogP contribution in [-0.4, -0.2) is 22.5 Å². The van der Waals surface area contributed by atoms with Crippen LogP contribution in [0, 0.1) is 5.82 Å². The highest BCUT2D eigenvalue weighted by atomic mass is 19.1. The van der Waals surface area contributed by atoms with Crippen LogP contribution in [0.15, 0.2) is 48.5 Å². The second kappa shape index (κ2) is 5.66. The first-order valence-electron chi connectivity index (χ1n) is 6.91. The fourth-order valence-electron chi connectivity index (χ4n) is 2.88. The van der Waals surface area contributed by atoms with Gasteiger partial charge in [0.25, 0.3) is 0 Å². The molecule has 108 valence electrons. The number of nitrogens with zero attached hydrogens (tertiary/aromatic N) is 1. The van der Waals surface area contributed by atoms with Crippen molar-refractivity contribution >= 4 is 5.97 Å². The topological polar surface area (TPSA) is 40.5 Å². The van der Waals surface area contributed by atoms with Gasteiger partial charge in [0.1, 0.15) is 5.82 Å². The summed E-state index contributed by atoms with van der Waals surface area (Å²) in [7, 11) is 0. The van der Waals surface area contributed by atoms with Crippen LogP contribution in [0.5, 0.6) is 0 Å². The Kier molecular flexibility index (Phi) is 3.71. The van der Waals surface area contributed by atoms with Gasteiger partial charge >= 0.3 is 5.97 Å². The Bertz CT molecular complexity index is 671. The first-order chi connectivity index (χ1) is 10.1. The summed E-state index contributed by atoms with van der Waals surface area (Å²) < 4.78 is 13.8. The smallest absolute Gasteiger partial charge is 0.312 e. The number of halogens is 1. The van der Waals surface area contributed by atoms with Gasteiger partial charge in [-0.3, -0.25) is 9.69 Å². The van der Waals surface area contributed by atoms with Crippen molar-refractivity contribution < 1.29 is 14.3 Å². The Morgan fingerprint density at radius 2 is 1.90 bits per heavy atom. The van der Waals surface area contributed by atoms with Crippen molar-refractivity contribution in [1.82, 2.24) is 4.90 Å². The lowest BCUT2D eigenvalue weighted by Crippen LogP contribution is -2.36. The Morgan fingerprint density at radius 1 is 1.19 bits per heavy atom. The van der Waals surface area contributed by atoms with Crippen LogP contribution in [0.3, 0.4) is 0 Å². The minimum absolute atomic E-state index is 0.247. The fraction of sp³-hybridized carbons (Fsp3) is 0.235. The fourth-order valence-corrected chi connectivity index (χ4v) is 2.88. The Labute approximate surface area is 122 Å². The molecule has 3 rings (SSSR count).